The second-order valence-corrected chi connectivity index (χ2v) is 13.4. The lowest BCUT2D eigenvalue weighted by Crippen LogP contribution is -2.39. The summed E-state index contributed by atoms with van der Waals surface area (Å²) in [5.41, 5.74) is 0. The van der Waals surface area contributed by atoms with Crippen molar-refractivity contribution < 1.29 is 28.4 Å². The average Bonchev–Trinajstić information content (AvgIpc) is 3.02. The average molecular weight is 663 g/mol. The first-order valence-corrected chi connectivity index (χ1v) is 20.6. The van der Waals surface area contributed by atoms with E-state index in [9.17, 15) is 0 Å². The van der Waals surface area contributed by atoms with Crippen LogP contribution in [-0.4, -0.2) is 63.1 Å². The molecule has 7 heteroatoms. The first-order valence-electron chi connectivity index (χ1n) is 19.5. The fraction of sp³-hybridized carbons (Fsp3) is 1.00. The van der Waals surface area contributed by atoms with Crippen molar-refractivity contribution in [2.75, 3.05) is 51.1 Å². The van der Waals surface area contributed by atoms with Gasteiger partial charge in [-0.3, -0.25) is 0 Å². The normalized spacial score (nSPS) is 12.4. The molecule has 0 saturated heterocycles. The zero-order chi connectivity index (χ0) is 33.2. The van der Waals surface area contributed by atoms with Crippen LogP contribution in [0.15, 0.2) is 0 Å². The molecule has 0 saturated carbocycles. The lowest BCUT2D eigenvalue weighted by molar-refractivity contribution is -0.380. The number of hydrogen-bond acceptors (Lipinski definition) is 7. The summed E-state index contributed by atoms with van der Waals surface area (Å²) in [7, 11) is 0. The molecule has 0 aliphatic rings. The van der Waals surface area contributed by atoms with Gasteiger partial charge in [-0.15, -0.1) is 0 Å². The molecule has 0 aromatic heterocycles. The fourth-order valence-corrected chi connectivity index (χ4v) is 7.04. The molecule has 0 fully saturated rings. The summed E-state index contributed by atoms with van der Waals surface area (Å²) in [4.78, 5) is 0. The molecule has 0 bridgehead atoms. The molecule has 0 unspecified atom stereocenters. The van der Waals surface area contributed by atoms with E-state index in [1.54, 1.807) is 0 Å². The molecule has 0 aliphatic heterocycles. The second-order valence-electron chi connectivity index (χ2n) is 12.1. The van der Waals surface area contributed by atoms with Crippen molar-refractivity contribution in [2.45, 2.75) is 195 Å². The van der Waals surface area contributed by atoms with E-state index in [0.717, 1.165) is 25.7 Å². The molecule has 0 atom stereocenters. The van der Waals surface area contributed by atoms with E-state index in [2.05, 4.69) is 11.8 Å². The van der Waals surface area contributed by atoms with Crippen molar-refractivity contribution in [1.29, 1.82) is 0 Å². The van der Waals surface area contributed by atoms with E-state index in [1.807, 2.05) is 41.5 Å². The zero-order valence-corrected chi connectivity index (χ0v) is 31.9. The van der Waals surface area contributed by atoms with Crippen LogP contribution in [0.4, 0.5) is 0 Å². The Morgan fingerprint density at radius 3 is 0.711 bits per heavy atom. The molecular weight excluding hydrogens is 584 g/mol. The van der Waals surface area contributed by atoms with Crippen LogP contribution in [-0.2, 0) is 28.4 Å². The Morgan fingerprint density at radius 1 is 0.289 bits per heavy atom. The van der Waals surface area contributed by atoms with Crippen LogP contribution < -0.4 is 0 Å². The van der Waals surface area contributed by atoms with Gasteiger partial charge in [0.05, 0.1) is 0 Å². The maximum absolute atomic E-state index is 5.83. The third kappa shape index (κ3) is 26.7. The molecule has 0 amide bonds. The minimum atomic E-state index is -0.827. The van der Waals surface area contributed by atoms with Crippen LogP contribution in [0.2, 0.25) is 0 Å². The minimum absolute atomic E-state index is 0.616. The molecular formula is C38H78O6S. The van der Waals surface area contributed by atoms with Crippen LogP contribution in [0, 0.1) is 0 Å². The number of thioether (sulfide) groups is 1. The molecule has 0 heterocycles. The molecule has 0 aromatic carbocycles. The van der Waals surface area contributed by atoms with Crippen molar-refractivity contribution in [3.05, 3.63) is 0 Å². The second kappa shape index (κ2) is 34.0. The van der Waals surface area contributed by atoms with Gasteiger partial charge in [0.1, 0.15) is 0 Å². The Balaban J connectivity index is 3.44. The molecule has 0 spiro atoms. The van der Waals surface area contributed by atoms with Gasteiger partial charge in [-0.2, -0.15) is 11.8 Å². The lowest BCUT2D eigenvalue weighted by atomic mass is 10.1. The van der Waals surface area contributed by atoms with Gasteiger partial charge < -0.3 is 28.4 Å². The molecule has 0 radical (unpaired) electrons. The van der Waals surface area contributed by atoms with Crippen molar-refractivity contribution >= 4 is 11.8 Å². The predicted octanol–water partition coefficient (Wildman–Crippen LogP) is 11.8. The largest absolute Gasteiger partial charge is 0.328 e. The first-order chi connectivity index (χ1) is 22.1. The van der Waals surface area contributed by atoms with Gasteiger partial charge in [0.2, 0.25) is 0 Å². The van der Waals surface area contributed by atoms with Crippen molar-refractivity contribution in [2.24, 2.45) is 0 Å². The van der Waals surface area contributed by atoms with Crippen molar-refractivity contribution in [3.8, 4) is 0 Å². The van der Waals surface area contributed by atoms with Gasteiger partial charge >= 0.3 is 0 Å². The van der Waals surface area contributed by atoms with Crippen molar-refractivity contribution in [3.63, 3.8) is 0 Å². The van der Waals surface area contributed by atoms with Crippen molar-refractivity contribution in [1.82, 2.24) is 0 Å². The molecule has 272 valence electrons. The number of rotatable bonds is 38. The lowest BCUT2D eigenvalue weighted by Gasteiger charge is -2.32. The highest BCUT2D eigenvalue weighted by Crippen LogP contribution is 2.25. The Labute approximate surface area is 285 Å². The van der Waals surface area contributed by atoms with Gasteiger partial charge in [0, 0.05) is 52.5 Å². The summed E-state index contributed by atoms with van der Waals surface area (Å²) in [6.07, 6.45) is 28.4. The first kappa shape index (κ1) is 45.1. The zero-order valence-electron chi connectivity index (χ0n) is 31.1. The third-order valence-corrected chi connectivity index (χ3v) is 9.38. The summed E-state index contributed by atoms with van der Waals surface area (Å²) in [6.45, 7) is 15.7. The van der Waals surface area contributed by atoms with Crippen LogP contribution >= 0.6 is 11.8 Å². The van der Waals surface area contributed by atoms with E-state index in [0.29, 0.717) is 39.6 Å². The molecule has 0 aliphatic carbocycles. The highest BCUT2D eigenvalue weighted by atomic mass is 32.2. The maximum Gasteiger partial charge on any atom is 0.282 e. The minimum Gasteiger partial charge on any atom is -0.328 e. The smallest absolute Gasteiger partial charge is 0.282 e. The van der Waals surface area contributed by atoms with Gasteiger partial charge in [-0.05, 0) is 78.7 Å². The van der Waals surface area contributed by atoms with E-state index in [1.165, 1.54) is 127 Å². The molecule has 0 aromatic rings. The number of unbranched alkanes of at least 4 members (excludes halogenated alkanes) is 18. The summed E-state index contributed by atoms with van der Waals surface area (Å²) in [5, 5.41) is 0. The highest BCUT2D eigenvalue weighted by Gasteiger charge is 2.32. The van der Waals surface area contributed by atoms with Gasteiger partial charge in [-0.1, -0.05) is 103 Å². The summed E-state index contributed by atoms with van der Waals surface area (Å²) < 4.78 is 35.0. The Bertz CT molecular complexity index is 496. The Hall–Kier alpha value is 0.110. The quantitative estimate of drug-likeness (QED) is 0.0481. The fourth-order valence-electron chi connectivity index (χ4n) is 6.02. The SMILES string of the molecule is CCOC(CCCCCCCCCCCCSCCCCCCCCCCCCC(OCC)(OCC)OCC)(OCC)OCC. The van der Waals surface area contributed by atoms with E-state index in [4.69, 9.17) is 28.4 Å². The molecule has 0 rings (SSSR count). The topological polar surface area (TPSA) is 55.4 Å². The van der Waals surface area contributed by atoms with E-state index < -0.39 is 11.9 Å². The van der Waals surface area contributed by atoms with Crippen LogP contribution in [0.5, 0.6) is 0 Å². The molecule has 0 N–H and O–H groups in total. The van der Waals surface area contributed by atoms with Crippen LogP contribution in [0.3, 0.4) is 0 Å². The highest BCUT2D eigenvalue weighted by molar-refractivity contribution is 7.99. The predicted molar refractivity (Wildman–Crippen MR) is 194 cm³/mol. The molecule has 6 nitrogen and oxygen atoms in total. The Kier molecular flexibility index (Phi) is 34.1. The monoisotopic (exact) mass is 663 g/mol. The number of ether oxygens (including phenoxy) is 6. The maximum atomic E-state index is 5.83. The summed E-state index contributed by atoms with van der Waals surface area (Å²) in [5.74, 6) is 1.06. The standard InChI is InChI=1S/C38H78O6S/c1-7-39-37(40-8-2,41-9-3)33-29-25-21-17-13-15-19-23-27-31-35-45-36-32-28-24-20-16-14-18-22-26-30-34-38(42-10-4,43-11-5)44-12-6/h7-36H2,1-6H3. The third-order valence-electron chi connectivity index (χ3n) is 8.23. The van der Waals surface area contributed by atoms with E-state index >= 15 is 0 Å². The van der Waals surface area contributed by atoms with Crippen LogP contribution in [0.25, 0.3) is 0 Å². The Morgan fingerprint density at radius 2 is 0.489 bits per heavy atom. The summed E-state index contributed by atoms with van der Waals surface area (Å²) >= 11 is 2.18. The van der Waals surface area contributed by atoms with Gasteiger partial charge in [0.15, 0.2) is 0 Å². The molecule has 45 heavy (non-hydrogen) atoms. The summed E-state index contributed by atoms with van der Waals surface area (Å²) in [6, 6.07) is 0. The van der Waals surface area contributed by atoms with Gasteiger partial charge in [0.25, 0.3) is 11.9 Å². The van der Waals surface area contributed by atoms with E-state index in [-0.39, 0.29) is 0 Å². The van der Waals surface area contributed by atoms with Crippen LogP contribution in [0.1, 0.15) is 183 Å². The van der Waals surface area contributed by atoms with Gasteiger partial charge in [-0.25, -0.2) is 0 Å². The number of hydrogen-bond donors (Lipinski definition) is 0.